The molecule has 0 bridgehead atoms. The number of ether oxygens (including phenoxy) is 1. The Morgan fingerprint density at radius 3 is 2.40 bits per heavy atom. The molecule has 0 aliphatic carbocycles. The van der Waals surface area contributed by atoms with Gasteiger partial charge in [0.05, 0.1) is 7.11 Å². The van der Waals surface area contributed by atoms with Crippen molar-refractivity contribution in [3.05, 3.63) is 72.2 Å². The highest BCUT2D eigenvalue weighted by Crippen LogP contribution is 2.18. The summed E-state index contributed by atoms with van der Waals surface area (Å²) in [4.78, 5) is 16.0. The second-order valence-corrected chi connectivity index (χ2v) is 5.20. The molecule has 2 aromatic heterocycles. The number of aromatic nitrogens is 3. The minimum absolute atomic E-state index is 0.259. The largest absolute Gasteiger partial charge is 0.497 e. The topological polar surface area (TPSA) is 89.0 Å². The maximum Gasteiger partial charge on any atom is 0.272 e. The van der Waals surface area contributed by atoms with Gasteiger partial charge >= 0.3 is 0 Å². The fourth-order valence-electron chi connectivity index (χ4n) is 2.12. The monoisotopic (exact) mass is 335 g/mol. The molecule has 2 heterocycles. The van der Waals surface area contributed by atoms with Gasteiger partial charge in [0.15, 0.2) is 11.5 Å². The second kappa shape index (κ2) is 7.87. The SMILES string of the molecule is COc1ccc(Nc2ccc(C(=O)NCc3ccncc3)nn2)cc1. The van der Waals surface area contributed by atoms with Crippen molar-refractivity contribution in [2.45, 2.75) is 6.54 Å². The van der Waals surface area contributed by atoms with E-state index in [2.05, 4.69) is 25.8 Å². The zero-order valence-corrected chi connectivity index (χ0v) is 13.6. The van der Waals surface area contributed by atoms with Gasteiger partial charge < -0.3 is 15.4 Å². The Morgan fingerprint density at radius 1 is 1.00 bits per heavy atom. The summed E-state index contributed by atoms with van der Waals surface area (Å²) in [6.45, 7) is 0.412. The van der Waals surface area contributed by atoms with Crippen molar-refractivity contribution in [3.8, 4) is 5.75 Å². The molecule has 0 atom stereocenters. The molecule has 3 aromatic rings. The minimum Gasteiger partial charge on any atom is -0.497 e. The van der Waals surface area contributed by atoms with E-state index in [0.29, 0.717) is 12.4 Å². The third-order valence-corrected chi connectivity index (χ3v) is 3.46. The number of nitrogens with one attached hydrogen (secondary N) is 2. The predicted molar refractivity (Wildman–Crippen MR) is 93.7 cm³/mol. The van der Waals surface area contributed by atoms with Gasteiger partial charge in [-0.1, -0.05) is 0 Å². The molecule has 0 aliphatic heterocycles. The summed E-state index contributed by atoms with van der Waals surface area (Å²) in [7, 11) is 1.62. The van der Waals surface area contributed by atoms with E-state index < -0.39 is 0 Å². The second-order valence-electron chi connectivity index (χ2n) is 5.20. The first-order chi connectivity index (χ1) is 12.2. The van der Waals surface area contributed by atoms with Crippen molar-refractivity contribution < 1.29 is 9.53 Å². The van der Waals surface area contributed by atoms with E-state index in [4.69, 9.17) is 4.74 Å². The van der Waals surface area contributed by atoms with Crippen LogP contribution < -0.4 is 15.4 Å². The van der Waals surface area contributed by atoms with E-state index in [-0.39, 0.29) is 11.6 Å². The van der Waals surface area contributed by atoms with E-state index in [9.17, 15) is 4.79 Å². The van der Waals surface area contributed by atoms with Gasteiger partial charge in [-0.2, -0.15) is 0 Å². The molecule has 0 saturated heterocycles. The molecule has 0 aliphatic rings. The molecule has 7 nitrogen and oxygen atoms in total. The number of nitrogens with zero attached hydrogens (tertiary/aromatic N) is 3. The average molecular weight is 335 g/mol. The molecular formula is C18H17N5O2. The lowest BCUT2D eigenvalue weighted by Gasteiger charge is -2.07. The van der Waals surface area contributed by atoms with E-state index in [0.717, 1.165) is 17.0 Å². The number of carbonyl (C=O) groups excluding carboxylic acids is 1. The number of methoxy groups -OCH3 is 1. The van der Waals surface area contributed by atoms with Crippen LogP contribution >= 0.6 is 0 Å². The Labute approximate surface area is 145 Å². The number of rotatable bonds is 6. The third kappa shape index (κ3) is 4.51. The lowest BCUT2D eigenvalue weighted by atomic mass is 10.2. The van der Waals surface area contributed by atoms with E-state index in [1.54, 1.807) is 31.6 Å². The average Bonchev–Trinajstić information content (AvgIpc) is 2.68. The van der Waals surface area contributed by atoms with Crippen LogP contribution in [0.5, 0.6) is 5.75 Å². The van der Waals surface area contributed by atoms with E-state index in [1.165, 1.54) is 0 Å². The molecule has 0 spiro atoms. The van der Waals surface area contributed by atoms with Crippen LogP contribution in [-0.2, 0) is 6.54 Å². The number of hydrogen-bond acceptors (Lipinski definition) is 6. The van der Waals surface area contributed by atoms with Crippen molar-refractivity contribution >= 4 is 17.4 Å². The predicted octanol–water partition coefficient (Wildman–Crippen LogP) is 2.55. The number of benzene rings is 1. The Hall–Kier alpha value is -3.48. The van der Waals surface area contributed by atoms with Crippen molar-refractivity contribution in [1.82, 2.24) is 20.5 Å². The molecule has 7 heteroatoms. The van der Waals surface area contributed by atoms with Crippen LogP contribution in [0, 0.1) is 0 Å². The number of anilines is 2. The van der Waals surface area contributed by atoms with Crippen molar-refractivity contribution in [3.63, 3.8) is 0 Å². The summed E-state index contributed by atoms with van der Waals surface area (Å²) >= 11 is 0. The van der Waals surface area contributed by atoms with Gasteiger partial charge in [-0.05, 0) is 54.1 Å². The molecule has 2 N–H and O–H groups in total. The third-order valence-electron chi connectivity index (χ3n) is 3.46. The van der Waals surface area contributed by atoms with Crippen molar-refractivity contribution in [2.75, 3.05) is 12.4 Å². The van der Waals surface area contributed by atoms with E-state index >= 15 is 0 Å². The normalized spacial score (nSPS) is 10.1. The Bertz CT molecular complexity index is 820. The number of carbonyl (C=O) groups is 1. The minimum atomic E-state index is -0.277. The molecule has 0 unspecified atom stereocenters. The van der Waals surface area contributed by atoms with Crippen LogP contribution in [0.3, 0.4) is 0 Å². The molecule has 1 amide bonds. The first-order valence-electron chi connectivity index (χ1n) is 7.66. The maximum absolute atomic E-state index is 12.1. The number of amides is 1. The summed E-state index contributed by atoms with van der Waals surface area (Å²) in [6, 6.07) is 14.4. The summed E-state index contributed by atoms with van der Waals surface area (Å²) < 4.78 is 5.11. The van der Waals surface area contributed by atoms with Gasteiger partial charge in [0, 0.05) is 24.6 Å². The summed E-state index contributed by atoms with van der Waals surface area (Å²) in [5.74, 6) is 1.05. The highest BCUT2D eigenvalue weighted by molar-refractivity contribution is 5.92. The molecule has 0 fully saturated rings. The first kappa shape index (κ1) is 16.4. The van der Waals surface area contributed by atoms with E-state index in [1.807, 2.05) is 36.4 Å². The van der Waals surface area contributed by atoms with Gasteiger partial charge in [0.2, 0.25) is 0 Å². The fourth-order valence-corrected chi connectivity index (χ4v) is 2.12. The van der Waals surface area contributed by atoms with Gasteiger partial charge in [-0.3, -0.25) is 9.78 Å². The smallest absolute Gasteiger partial charge is 0.272 e. The Balaban J connectivity index is 1.58. The van der Waals surface area contributed by atoms with Crippen molar-refractivity contribution in [1.29, 1.82) is 0 Å². The fraction of sp³-hybridized carbons (Fsp3) is 0.111. The molecule has 126 valence electrons. The molecular weight excluding hydrogens is 318 g/mol. The van der Waals surface area contributed by atoms with Crippen LogP contribution in [0.4, 0.5) is 11.5 Å². The van der Waals surface area contributed by atoms with Crippen LogP contribution in [-0.4, -0.2) is 28.2 Å². The lowest BCUT2D eigenvalue weighted by Crippen LogP contribution is -2.24. The summed E-state index contributed by atoms with van der Waals surface area (Å²) in [6.07, 6.45) is 3.36. The highest BCUT2D eigenvalue weighted by atomic mass is 16.5. The van der Waals surface area contributed by atoms with Gasteiger partial charge in [-0.15, -0.1) is 10.2 Å². The molecule has 25 heavy (non-hydrogen) atoms. The van der Waals surface area contributed by atoms with Crippen LogP contribution in [0.15, 0.2) is 60.9 Å². The Morgan fingerprint density at radius 2 is 1.76 bits per heavy atom. The summed E-state index contributed by atoms with van der Waals surface area (Å²) in [5, 5.41) is 13.9. The zero-order chi connectivity index (χ0) is 17.5. The number of pyridine rings is 1. The van der Waals surface area contributed by atoms with Gasteiger partial charge in [0.25, 0.3) is 5.91 Å². The maximum atomic E-state index is 12.1. The highest BCUT2D eigenvalue weighted by Gasteiger charge is 2.08. The molecule has 3 rings (SSSR count). The molecule has 0 saturated carbocycles. The van der Waals surface area contributed by atoms with Crippen LogP contribution in [0.25, 0.3) is 0 Å². The van der Waals surface area contributed by atoms with Gasteiger partial charge in [-0.25, -0.2) is 0 Å². The zero-order valence-electron chi connectivity index (χ0n) is 13.6. The van der Waals surface area contributed by atoms with Crippen molar-refractivity contribution in [2.24, 2.45) is 0 Å². The van der Waals surface area contributed by atoms with Gasteiger partial charge in [0.1, 0.15) is 5.75 Å². The molecule has 0 radical (unpaired) electrons. The lowest BCUT2D eigenvalue weighted by molar-refractivity contribution is 0.0945. The first-order valence-corrected chi connectivity index (χ1v) is 7.66. The standard InChI is InChI=1S/C18H17N5O2/c1-25-15-4-2-14(3-5-15)21-17-7-6-16(22-23-17)18(24)20-12-13-8-10-19-11-9-13/h2-11H,12H2,1H3,(H,20,24)(H,21,23). The van der Waals surface area contributed by atoms with Crippen LogP contribution in [0.1, 0.15) is 16.1 Å². The number of hydrogen-bond donors (Lipinski definition) is 2. The molecule has 1 aromatic carbocycles. The quantitative estimate of drug-likeness (QED) is 0.720. The Kier molecular flexibility index (Phi) is 5.16. The van der Waals surface area contributed by atoms with Crippen LogP contribution in [0.2, 0.25) is 0 Å². The summed E-state index contributed by atoms with van der Waals surface area (Å²) in [5.41, 5.74) is 2.08.